The van der Waals surface area contributed by atoms with Crippen LogP contribution in [0.25, 0.3) is 0 Å². The van der Waals surface area contributed by atoms with E-state index in [0.717, 1.165) is 12.8 Å². The van der Waals surface area contributed by atoms with E-state index in [4.69, 9.17) is 0 Å². The van der Waals surface area contributed by atoms with Gasteiger partial charge in [0.05, 0.1) is 0 Å². The van der Waals surface area contributed by atoms with Crippen molar-refractivity contribution in [1.29, 1.82) is 0 Å². The first-order valence-corrected chi connectivity index (χ1v) is 4.89. The maximum Gasteiger partial charge on any atom is 0.0322 e. The predicted molar refractivity (Wildman–Crippen MR) is 40.9 cm³/mol. The van der Waals surface area contributed by atoms with Gasteiger partial charge in [-0.3, -0.25) is 4.21 Å². The minimum Gasteiger partial charge on any atom is -0.259 e. The lowest BCUT2D eigenvalue weighted by atomic mass is 10.1. The van der Waals surface area contributed by atoms with E-state index < -0.39 is 10.8 Å². The fraction of sp³-hybridized carbons (Fsp3) is 1.00. The predicted octanol–water partition coefficient (Wildman–Crippen LogP) is 1.70. The monoisotopic (exact) mass is 146 g/mol. The Morgan fingerprint density at radius 1 is 1.22 bits per heavy atom. The zero-order valence-corrected chi connectivity index (χ0v) is 6.91. The smallest absolute Gasteiger partial charge is 0.0322 e. The summed E-state index contributed by atoms with van der Waals surface area (Å²) in [6, 6.07) is 0. The summed E-state index contributed by atoms with van der Waals surface area (Å²) in [6.07, 6.45) is 3.60. The Kier molecular flexibility index (Phi) is 2.28. The van der Waals surface area contributed by atoms with Gasteiger partial charge in [-0.25, -0.2) is 0 Å². The molecule has 9 heavy (non-hydrogen) atoms. The Morgan fingerprint density at radius 2 is 1.67 bits per heavy atom. The molecule has 54 valence electrons. The van der Waals surface area contributed by atoms with E-state index >= 15 is 0 Å². The molecular weight excluding hydrogens is 132 g/mol. The standard InChI is InChI=1S/C7H14OS/c1-6-4-3-5-7(2)9(6)8/h6-7H,3-5H2,1-2H3/t6-,7+,9?. The summed E-state index contributed by atoms with van der Waals surface area (Å²) in [5, 5.41) is 0.905. The molecule has 0 aromatic heterocycles. The minimum absolute atomic E-state index is 0.453. The molecule has 0 N–H and O–H groups in total. The quantitative estimate of drug-likeness (QED) is 0.508. The molecule has 0 amide bonds. The summed E-state index contributed by atoms with van der Waals surface area (Å²) in [4.78, 5) is 0. The molecule has 3 atom stereocenters. The van der Waals surface area contributed by atoms with Crippen molar-refractivity contribution in [3.05, 3.63) is 0 Å². The van der Waals surface area contributed by atoms with E-state index in [1.54, 1.807) is 0 Å². The molecule has 1 saturated heterocycles. The van der Waals surface area contributed by atoms with Gasteiger partial charge in [0.2, 0.25) is 0 Å². The molecule has 0 saturated carbocycles. The highest BCUT2D eigenvalue weighted by Crippen LogP contribution is 2.21. The van der Waals surface area contributed by atoms with Crippen LogP contribution in [-0.2, 0) is 10.8 Å². The molecule has 0 aromatic carbocycles. The molecule has 0 aromatic rings. The molecular formula is C7H14OS. The van der Waals surface area contributed by atoms with Crippen molar-refractivity contribution in [3.8, 4) is 0 Å². The number of hydrogen-bond acceptors (Lipinski definition) is 1. The van der Waals surface area contributed by atoms with Crippen LogP contribution in [0.4, 0.5) is 0 Å². The van der Waals surface area contributed by atoms with Crippen LogP contribution >= 0.6 is 0 Å². The highest BCUT2D eigenvalue weighted by Gasteiger charge is 2.22. The Labute approximate surface area is 59.3 Å². The maximum atomic E-state index is 11.2. The van der Waals surface area contributed by atoms with Crippen LogP contribution in [0.3, 0.4) is 0 Å². The SMILES string of the molecule is C[C@@H]1CCC[C@H](C)S1=O. The van der Waals surface area contributed by atoms with Gasteiger partial charge in [0.25, 0.3) is 0 Å². The van der Waals surface area contributed by atoms with Gasteiger partial charge in [-0.05, 0) is 12.8 Å². The molecule has 1 aliphatic heterocycles. The van der Waals surface area contributed by atoms with Gasteiger partial charge in [0.15, 0.2) is 0 Å². The van der Waals surface area contributed by atoms with E-state index in [-0.39, 0.29) is 0 Å². The molecule has 1 rings (SSSR count). The van der Waals surface area contributed by atoms with E-state index in [2.05, 4.69) is 13.8 Å². The highest BCUT2D eigenvalue weighted by atomic mass is 32.2. The van der Waals surface area contributed by atoms with Gasteiger partial charge < -0.3 is 0 Å². The average Bonchev–Trinajstić information content (AvgIpc) is 1.83. The third-order valence-corrected chi connectivity index (χ3v) is 4.07. The van der Waals surface area contributed by atoms with Crippen LogP contribution in [0.5, 0.6) is 0 Å². The molecule has 1 unspecified atom stereocenters. The van der Waals surface area contributed by atoms with E-state index in [1.807, 2.05) is 0 Å². The Morgan fingerprint density at radius 3 is 2.00 bits per heavy atom. The molecule has 2 heteroatoms. The van der Waals surface area contributed by atoms with Crippen LogP contribution in [0.15, 0.2) is 0 Å². The van der Waals surface area contributed by atoms with Gasteiger partial charge in [0.1, 0.15) is 0 Å². The van der Waals surface area contributed by atoms with Gasteiger partial charge in [-0.15, -0.1) is 0 Å². The Hall–Kier alpha value is 0.150. The summed E-state index contributed by atoms with van der Waals surface area (Å²) < 4.78 is 11.2. The van der Waals surface area contributed by atoms with Gasteiger partial charge in [-0.2, -0.15) is 0 Å². The molecule has 0 spiro atoms. The summed E-state index contributed by atoms with van der Waals surface area (Å²) in [6.45, 7) is 4.18. The third kappa shape index (κ3) is 1.54. The van der Waals surface area contributed by atoms with Gasteiger partial charge >= 0.3 is 0 Å². The topological polar surface area (TPSA) is 17.1 Å². The summed E-state index contributed by atoms with van der Waals surface area (Å²) in [5.41, 5.74) is 0. The van der Waals surface area contributed by atoms with Crippen molar-refractivity contribution in [2.24, 2.45) is 0 Å². The molecule has 1 nitrogen and oxygen atoms in total. The fourth-order valence-corrected chi connectivity index (χ4v) is 2.91. The van der Waals surface area contributed by atoms with Crippen molar-refractivity contribution < 1.29 is 4.21 Å². The lowest BCUT2D eigenvalue weighted by molar-refractivity contribution is 0.586. The first-order valence-electron chi connectivity index (χ1n) is 3.61. The van der Waals surface area contributed by atoms with E-state index in [0.29, 0.717) is 10.5 Å². The van der Waals surface area contributed by atoms with Crippen molar-refractivity contribution in [1.82, 2.24) is 0 Å². The molecule has 0 aliphatic carbocycles. The van der Waals surface area contributed by atoms with Crippen molar-refractivity contribution in [2.45, 2.75) is 43.6 Å². The minimum atomic E-state index is -0.530. The second-order valence-electron chi connectivity index (χ2n) is 2.88. The molecule has 1 fully saturated rings. The van der Waals surface area contributed by atoms with E-state index in [9.17, 15) is 4.21 Å². The third-order valence-electron chi connectivity index (χ3n) is 2.01. The lowest BCUT2D eigenvalue weighted by Crippen LogP contribution is -2.26. The second kappa shape index (κ2) is 2.82. The van der Waals surface area contributed by atoms with Crippen LogP contribution in [0.1, 0.15) is 33.1 Å². The van der Waals surface area contributed by atoms with Crippen molar-refractivity contribution in [3.63, 3.8) is 0 Å². The Balaban J connectivity index is 2.52. The van der Waals surface area contributed by atoms with Crippen LogP contribution in [0, 0.1) is 0 Å². The maximum absolute atomic E-state index is 11.2. The number of hydrogen-bond donors (Lipinski definition) is 0. The number of rotatable bonds is 0. The Bertz CT molecular complexity index is 110. The summed E-state index contributed by atoms with van der Waals surface area (Å²) in [7, 11) is -0.530. The molecule has 0 bridgehead atoms. The average molecular weight is 146 g/mol. The zero-order valence-electron chi connectivity index (χ0n) is 6.09. The largest absolute Gasteiger partial charge is 0.259 e. The van der Waals surface area contributed by atoms with Gasteiger partial charge in [-0.1, -0.05) is 20.3 Å². The lowest BCUT2D eigenvalue weighted by Gasteiger charge is -2.22. The molecule has 1 heterocycles. The van der Waals surface area contributed by atoms with Crippen molar-refractivity contribution in [2.75, 3.05) is 0 Å². The van der Waals surface area contributed by atoms with Gasteiger partial charge in [0, 0.05) is 21.3 Å². The van der Waals surface area contributed by atoms with Crippen molar-refractivity contribution >= 4 is 10.8 Å². The fourth-order valence-electron chi connectivity index (χ4n) is 1.32. The molecule has 1 aliphatic rings. The van der Waals surface area contributed by atoms with E-state index in [1.165, 1.54) is 6.42 Å². The molecule has 0 radical (unpaired) electrons. The zero-order chi connectivity index (χ0) is 6.85. The first kappa shape index (κ1) is 7.26. The second-order valence-corrected chi connectivity index (χ2v) is 5.15. The van der Waals surface area contributed by atoms with Crippen LogP contribution in [0.2, 0.25) is 0 Å². The normalized spacial score (nSPS) is 44.9. The highest BCUT2D eigenvalue weighted by molar-refractivity contribution is 7.86. The van der Waals surface area contributed by atoms with Crippen LogP contribution in [-0.4, -0.2) is 14.7 Å². The first-order chi connectivity index (χ1) is 4.22. The summed E-state index contributed by atoms with van der Waals surface area (Å²) >= 11 is 0. The van der Waals surface area contributed by atoms with Crippen LogP contribution < -0.4 is 0 Å². The summed E-state index contributed by atoms with van der Waals surface area (Å²) in [5.74, 6) is 0.